The van der Waals surface area contributed by atoms with E-state index in [1.165, 1.54) is 0 Å². The summed E-state index contributed by atoms with van der Waals surface area (Å²) in [7, 11) is 1.79. The molecule has 0 amide bonds. The van der Waals surface area contributed by atoms with Gasteiger partial charge in [0.15, 0.2) is 0 Å². The van der Waals surface area contributed by atoms with E-state index in [1.54, 1.807) is 11.7 Å². The van der Waals surface area contributed by atoms with Crippen molar-refractivity contribution in [1.82, 2.24) is 9.78 Å². The lowest BCUT2D eigenvalue weighted by Gasteiger charge is -2.16. The summed E-state index contributed by atoms with van der Waals surface area (Å²) < 4.78 is 1.65. The number of Topliss-reactive ketones (excluding diaryl/α,β-unsaturated/α-hetero) is 1. The van der Waals surface area contributed by atoms with Crippen molar-refractivity contribution >= 4 is 17.4 Å². The van der Waals surface area contributed by atoms with Crippen LogP contribution >= 0.6 is 11.6 Å². The Labute approximate surface area is 101 Å². The maximum Gasteiger partial charge on any atom is 0.140 e. The number of ketones is 1. The van der Waals surface area contributed by atoms with Crippen LogP contribution in [-0.2, 0) is 18.3 Å². The predicted octanol–water partition coefficient (Wildman–Crippen LogP) is 1.62. The lowest BCUT2D eigenvalue weighted by atomic mass is 9.97. The molecule has 0 radical (unpaired) electrons. The summed E-state index contributed by atoms with van der Waals surface area (Å²) in [6, 6.07) is 0. The summed E-state index contributed by atoms with van der Waals surface area (Å²) in [4.78, 5) is 11.8. The van der Waals surface area contributed by atoms with Crippen LogP contribution in [0.4, 0.5) is 0 Å². The van der Waals surface area contributed by atoms with Crippen LogP contribution in [0.5, 0.6) is 0 Å². The molecule has 0 fully saturated rings. The number of aryl methyl sites for hydroxylation is 2. The molecule has 1 heterocycles. The Bertz CT molecular complexity index is 404. The van der Waals surface area contributed by atoms with Gasteiger partial charge < -0.3 is 5.73 Å². The first kappa shape index (κ1) is 13.2. The Hall–Kier alpha value is -0.870. The normalized spacial score (nSPS) is 11.9. The van der Waals surface area contributed by atoms with Crippen LogP contribution in [0.3, 0.4) is 0 Å². The molecule has 0 saturated heterocycles. The fraction of sp³-hybridized carbons (Fsp3) is 0.636. The summed E-state index contributed by atoms with van der Waals surface area (Å²) >= 11 is 6.06. The van der Waals surface area contributed by atoms with Crippen molar-refractivity contribution in [2.75, 3.05) is 0 Å². The number of aromatic nitrogens is 2. The number of carbonyl (C=O) groups excluding carboxylic acids is 1. The SMILES string of the molecule is Cc1nn(C)c(CC(=O)CC(C)(C)N)c1Cl. The van der Waals surface area contributed by atoms with Gasteiger partial charge >= 0.3 is 0 Å². The van der Waals surface area contributed by atoms with E-state index in [1.807, 2.05) is 20.8 Å². The monoisotopic (exact) mass is 243 g/mol. The second-order valence-electron chi connectivity index (χ2n) is 4.85. The van der Waals surface area contributed by atoms with E-state index in [0.717, 1.165) is 11.4 Å². The average Bonchev–Trinajstić information content (AvgIpc) is 2.29. The van der Waals surface area contributed by atoms with Gasteiger partial charge in [-0.15, -0.1) is 0 Å². The van der Waals surface area contributed by atoms with Crippen molar-refractivity contribution in [2.24, 2.45) is 12.8 Å². The molecule has 0 saturated carbocycles. The molecule has 5 heteroatoms. The number of nitrogens with zero attached hydrogens (tertiary/aromatic N) is 2. The Morgan fingerprint density at radius 1 is 1.56 bits per heavy atom. The number of hydrogen-bond donors (Lipinski definition) is 1. The van der Waals surface area contributed by atoms with Crippen molar-refractivity contribution in [3.8, 4) is 0 Å². The van der Waals surface area contributed by atoms with Gasteiger partial charge in [0, 0.05) is 25.4 Å². The van der Waals surface area contributed by atoms with Crippen molar-refractivity contribution in [3.63, 3.8) is 0 Å². The number of halogens is 1. The first-order valence-electron chi connectivity index (χ1n) is 5.19. The lowest BCUT2D eigenvalue weighted by Crippen LogP contribution is -2.35. The third-order valence-electron chi connectivity index (χ3n) is 2.28. The molecule has 0 atom stereocenters. The standard InChI is InChI=1S/C11H18ClN3O/c1-7-10(12)9(15(4)14-7)5-8(16)6-11(2,3)13/h5-6,13H2,1-4H3. The van der Waals surface area contributed by atoms with Gasteiger partial charge in [-0.1, -0.05) is 11.6 Å². The summed E-state index contributed by atoms with van der Waals surface area (Å²) in [5.41, 5.74) is 6.83. The molecule has 2 N–H and O–H groups in total. The topological polar surface area (TPSA) is 60.9 Å². The number of hydrogen-bond acceptors (Lipinski definition) is 3. The van der Waals surface area contributed by atoms with Crippen LogP contribution in [0.15, 0.2) is 0 Å². The summed E-state index contributed by atoms with van der Waals surface area (Å²) in [6.07, 6.45) is 0.629. The minimum atomic E-state index is -0.475. The van der Waals surface area contributed by atoms with Crippen molar-refractivity contribution < 1.29 is 4.79 Å². The van der Waals surface area contributed by atoms with E-state index in [0.29, 0.717) is 11.4 Å². The molecule has 1 aromatic heterocycles. The third kappa shape index (κ3) is 3.32. The van der Waals surface area contributed by atoms with Gasteiger partial charge in [0.1, 0.15) is 5.78 Å². The zero-order valence-corrected chi connectivity index (χ0v) is 10.9. The molecule has 1 rings (SSSR count). The Morgan fingerprint density at radius 2 is 2.12 bits per heavy atom. The first-order chi connectivity index (χ1) is 7.20. The Morgan fingerprint density at radius 3 is 2.50 bits per heavy atom. The zero-order chi connectivity index (χ0) is 12.5. The van der Waals surface area contributed by atoms with Gasteiger partial charge in [-0.2, -0.15) is 5.10 Å². The predicted molar refractivity (Wildman–Crippen MR) is 64.5 cm³/mol. The second kappa shape index (κ2) is 4.55. The van der Waals surface area contributed by atoms with Gasteiger partial charge in [-0.3, -0.25) is 9.48 Å². The number of nitrogens with two attached hydrogens (primary N) is 1. The highest BCUT2D eigenvalue weighted by Crippen LogP contribution is 2.21. The maximum absolute atomic E-state index is 11.8. The molecule has 0 aliphatic heterocycles. The summed E-state index contributed by atoms with van der Waals surface area (Å²) in [6.45, 7) is 5.49. The minimum Gasteiger partial charge on any atom is -0.325 e. The van der Waals surface area contributed by atoms with Crippen LogP contribution in [-0.4, -0.2) is 21.1 Å². The summed E-state index contributed by atoms with van der Waals surface area (Å²) in [5, 5.41) is 4.74. The smallest absolute Gasteiger partial charge is 0.140 e. The quantitative estimate of drug-likeness (QED) is 0.874. The molecule has 0 spiro atoms. The van der Waals surface area contributed by atoms with Gasteiger partial charge in [0.05, 0.1) is 16.4 Å². The lowest BCUT2D eigenvalue weighted by molar-refractivity contribution is -0.119. The van der Waals surface area contributed by atoms with Crippen LogP contribution in [0, 0.1) is 6.92 Å². The summed E-state index contributed by atoms with van der Waals surface area (Å²) in [5.74, 6) is 0.0809. The minimum absolute atomic E-state index is 0.0809. The van der Waals surface area contributed by atoms with Crippen molar-refractivity contribution in [3.05, 3.63) is 16.4 Å². The molecule has 0 aromatic carbocycles. The molecule has 4 nitrogen and oxygen atoms in total. The fourth-order valence-electron chi connectivity index (χ4n) is 1.63. The largest absolute Gasteiger partial charge is 0.325 e. The van der Waals surface area contributed by atoms with Crippen LogP contribution in [0.1, 0.15) is 31.7 Å². The molecule has 90 valence electrons. The van der Waals surface area contributed by atoms with Crippen LogP contribution < -0.4 is 5.73 Å². The molecule has 0 aliphatic carbocycles. The number of rotatable bonds is 4. The molecule has 0 aliphatic rings. The van der Waals surface area contributed by atoms with E-state index >= 15 is 0 Å². The molecule has 1 aromatic rings. The van der Waals surface area contributed by atoms with Crippen molar-refractivity contribution in [2.45, 2.75) is 39.2 Å². The zero-order valence-electron chi connectivity index (χ0n) is 10.2. The third-order valence-corrected chi connectivity index (χ3v) is 2.77. The van der Waals surface area contributed by atoms with Gasteiger partial charge in [0.25, 0.3) is 0 Å². The molecule has 16 heavy (non-hydrogen) atoms. The van der Waals surface area contributed by atoms with E-state index in [2.05, 4.69) is 5.10 Å². The molecular weight excluding hydrogens is 226 g/mol. The highest BCUT2D eigenvalue weighted by molar-refractivity contribution is 6.32. The van der Waals surface area contributed by atoms with Gasteiger partial charge in [-0.05, 0) is 20.8 Å². The molecular formula is C11H18ClN3O. The van der Waals surface area contributed by atoms with E-state index in [9.17, 15) is 4.79 Å². The van der Waals surface area contributed by atoms with Gasteiger partial charge in [-0.25, -0.2) is 0 Å². The molecule has 0 unspecified atom stereocenters. The van der Waals surface area contributed by atoms with E-state index in [-0.39, 0.29) is 12.2 Å². The molecule has 0 bridgehead atoms. The van der Waals surface area contributed by atoms with Crippen LogP contribution in [0.2, 0.25) is 5.02 Å². The highest BCUT2D eigenvalue weighted by Gasteiger charge is 2.20. The maximum atomic E-state index is 11.8. The van der Waals surface area contributed by atoms with Gasteiger partial charge in [0.2, 0.25) is 0 Å². The van der Waals surface area contributed by atoms with E-state index < -0.39 is 5.54 Å². The van der Waals surface area contributed by atoms with E-state index in [4.69, 9.17) is 17.3 Å². The second-order valence-corrected chi connectivity index (χ2v) is 5.23. The Balaban J connectivity index is 2.78. The highest BCUT2D eigenvalue weighted by atomic mass is 35.5. The van der Waals surface area contributed by atoms with Crippen molar-refractivity contribution in [1.29, 1.82) is 0 Å². The Kier molecular flexibility index (Phi) is 3.76. The van der Waals surface area contributed by atoms with Crippen LogP contribution in [0.25, 0.3) is 0 Å². The fourth-order valence-corrected chi connectivity index (χ4v) is 1.86. The first-order valence-corrected chi connectivity index (χ1v) is 5.57. The number of carbonyl (C=O) groups is 1. The average molecular weight is 244 g/mol.